The van der Waals surface area contributed by atoms with Crippen molar-refractivity contribution in [2.24, 2.45) is 0 Å². The minimum Gasteiger partial charge on any atom is -0.359 e. The van der Waals surface area contributed by atoms with Crippen LogP contribution in [0.1, 0.15) is 75.3 Å². The van der Waals surface area contributed by atoms with Gasteiger partial charge in [-0.25, -0.2) is 0 Å². The zero-order chi connectivity index (χ0) is 18.8. The highest BCUT2D eigenvalue weighted by Gasteiger charge is 2.45. The number of hydrogen-bond donors (Lipinski definition) is 3. The first-order valence-corrected chi connectivity index (χ1v) is 11.5. The number of hydrogen-bond acceptors (Lipinski definition) is 1. The van der Waals surface area contributed by atoms with Gasteiger partial charge in [-0.1, -0.05) is 12.5 Å². The molecule has 3 nitrogen and oxygen atoms in total. The molecular weight excluding hydrogens is 350 g/mol. The summed E-state index contributed by atoms with van der Waals surface area (Å²) < 4.78 is 0. The van der Waals surface area contributed by atoms with Crippen LogP contribution in [0, 0.1) is 13.8 Å². The quantitative estimate of drug-likeness (QED) is 0.688. The SMILES string of the molecule is Cc1ccc(NC(=S)NC2C[C@H]3CCC[C@@H](C2)[NH+]3C2CCCCC2)cc1C. The Hall–Kier alpha value is -1.13. The van der Waals surface area contributed by atoms with E-state index in [0.29, 0.717) is 6.04 Å². The molecule has 2 bridgehead atoms. The summed E-state index contributed by atoms with van der Waals surface area (Å²) in [7, 11) is 0. The van der Waals surface area contributed by atoms with Crippen LogP contribution >= 0.6 is 12.2 Å². The van der Waals surface area contributed by atoms with Crippen LogP contribution in [-0.2, 0) is 0 Å². The summed E-state index contributed by atoms with van der Waals surface area (Å²) in [5.41, 5.74) is 3.73. The van der Waals surface area contributed by atoms with Gasteiger partial charge in [-0.05, 0) is 94.3 Å². The molecule has 2 saturated heterocycles. The van der Waals surface area contributed by atoms with Crippen LogP contribution in [-0.4, -0.2) is 29.3 Å². The van der Waals surface area contributed by atoms with E-state index in [1.165, 1.54) is 75.3 Å². The van der Waals surface area contributed by atoms with Crippen LogP contribution in [0.3, 0.4) is 0 Å². The molecule has 27 heavy (non-hydrogen) atoms. The zero-order valence-electron chi connectivity index (χ0n) is 17.0. The van der Waals surface area contributed by atoms with Crippen molar-refractivity contribution in [2.75, 3.05) is 5.32 Å². The molecule has 4 rings (SSSR count). The highest BCUT2D eigenvalue weighted by atomic mass is 32.1. The average Bonchev–Trinajstić information content (AvgIpc) is 2.65. The molecule has 148 valence electrons. The summed E-state index contributed by atoms with van der Waals surface area (Å²) in [6, 6.07) is 9.66. The van der Waals surface area contributed by atoms with Gasteiger partial charge in [0.1, 0.15) is 0 Å². The molecule has 0 amide bonds. The van der Waals surface area contributed by atoms with E-state index in [2.05, 4.69) is 42.7 Å². The summed E-state index contributed by atoms with van der Waals surface area (Å²) in [4.78, 5) is 1.98. The number of anilines is 1. The molecule has 4 atom stereocenters. The maximum atomic E-state index is 5.65. The van der Waals surface area contributed by atoms with Crippen molar-refractivity contribution in [3.8, 4) is 0 Å². The summed E-state index contributed by atoms with van der Waals surface area (Å²) in [5, 5.41) is 7.87. The summed E-state index contributed by atoms with van der Waals surface area (Å²) >= 11 is 5.65. The van der Waals surface area contributed by atoms with Gasteiger partial charge in [-0.3, -0.25) is 0 Å². The second-order valence-corrected chi connectivity index (χ2v) is 9.63. The normalized spacial score (nSPS) is 31.3. The smallest absolute Gasteiger partial charge is 0.171 e. The topological polar surface area (TPSA) is 28.5 Å². The van der Waals surface area contributed by atoms with E-state index in [4.69, 9.17) is 12.2 Å². The van der Waals surface area contributed by atoms with Gasteiger partial charge in [0.2, 0.25) is 0 Å². The predicted octanol–water partition coefficient (Wildman–Crippen LogP) is 3.89. The van der Waals surface area contributed by atoms with Crippen LogP contribution in [0.15, 0.2) is 18.2 Å². The number of fused-ring (bicyclic) bond motifs is 2. The second-order valence-electron chi connectivity index (χ2n) is 9.23. The third-order valence-electron chi connectivity index (χ3n) is 7.36. The van der Waals surface area contributed by atoms with Gasteiger partial charge in [0, 0.05) is 24.6 Å². The molecule has 4 heteroatoms. The first-order chi connectivity index (χ1) is 13.1. The Labute approximate surface area is 170 Å². The van der Waals surface area contributed by atoms with Crippen LogP contribution < -0.4 is 15.5 Å². The largest absolute Gasteiger partial charge is 0.359 e. The third-order valence-corrected chi connectivity index (χ3v) is 7.58. The minimum absolute atomic E-state index is 0.541. The third kappa shape index (κ3) is 4.48. The Kier molecular flexibility index (Phi) is 6.03. The highest BCUT2D eigenvalue weighted by Crippen LogP contribution is 2.26. The first-order valence-electron chi connectivity index (χ1n) is 11.1. The highest BCUT2D eigenvalue weighted by molar-refractivity contribution is 7.80. The summed E-state index contributed by atoms with van der Waals surface area (Å²) in [6.45, 7) is 4.30. The fraction of sp³-hybridized carbons (Fsp3) is 0.696. The van der Waals surface area contributed by atoms with Gasteiger partial charge in [-0.15, -0.1) is 0 Å². The lowest BCUT2D eigenvalue weighted by atomic mass is 9.78. The molecule has 2 unspecified atom stereocenters. The number of quaternary nitrogens is 1. The maximum absolute atomic E-state index is 5.65. The molecule has 3 fully saturated rings. The molecule has 1 aliphatic carbocycles. The molecule has 3 N–H and O–H groups in total. The van der Waals surface area contributed by atoms with Gasteiger partial charge >= 0.3 is 0 Å². The molecule has 1 aromatic rings. The zero-order valence-corrected chi connectivity index (χ0v) is 17.8. The Morgan fingerprint density at radius 3 is 2.22 bits per heavy atom. The standard InChI is InChI=1S/C23H35N3S/c1-16-11-12-18(13-17(16)2)24-23(27)25-19-14-21-9-6-10-22(15-19)26(21)20-7-4-3-5-8-20/h11-13,19-22H,3-10,14-15H2,1-2H3,(H2,24,25,27)/p+1/t19?,21-,22+. The van der Waals surface area contributed by atoms with Gasteiger partial charge < -0.3 is 15.5 Å². The van der Waals surface area contributed by atoms with E-state index in [9.17, 15) is 0 Å². The van der Waals surface area contributed by atoms with Crippen LogP contribution in [0.4, 0.5) is 5.69 Å². The van der Waals surface area contributed by atoms with Gasteiger partial charge in [0.25, 0.3) is 0 Å². The van der Waals surface area contributed by atoms with Crippen molar-refractivity contribution in [3.63, 3.8) is 0 Å². The minimum atomic E-state index is 0.541. The van der Waals surface area contributed by atoms with E-state index in [-0.39, 0.29) is 0 Å². The Morgan fingerprint density at radius 2 is 1.56 bits per heavy atom. The molecule has 3 aliphatic rings. The number of nitrogens with one attached hydrogen (secondary N) is 3. The van der Waals surface area contributed by atoms with E-state index in [1.807, 2.05) is 4.90 Å². The van der Waals surface area contributed by atoms with Crippen molar-refractivity contribution in [1.29, 1.82) is 0 Å². The number of thiocarbonyl (C=S) groups is 1. The predicted molar refractivity (Wildman–Crippen MR) is 118 cm³/mol. The summed E-state index contributed by atoms with van der Waals surface area (Å²) in [5.74, 6) is 0. The molecule has 2 heterocycles. The van der Waals surface area contributed by atoms with Gasteiger partial charge in [-0.2, -0.15) is 0 Å². The van der Waals surface area contributed by atoms with Crippen LogP contribution in [0.25, 0.3) is 0 Å². The molecule has 0 aromatic heterocycles. The Bertz CT molecular complexity index is 654. The number of benzene rings is 1. The van der Waals surface area contributed by atoms with Gasteiger partial charge in [0.05, 0.1) is 18.1 Å². The lowest BCUT2D eigenvalue weighted by Crippen LogP contribution is -3.24. The molecular formula is C23H36N3S+. The lowest BCUT2D eigenvalue weighted by molar-refractivity contribution is -0.984. The first kappa shape index (κ1) is 19.2. The van der Waals surface area contributed by atoms with Crippen molar-refractivity contribution in [1.82, 2.24) is 5.32 Å². The fourth-order valence-corrected chi connectivity index (χ4v) is 6.25. The van der Waals surface area contributed by atoms with Crippen molar-refractivity contribution in [2.45, 2.75) is 102 Å². The number of rotatable bonds is 3. The second kappa shape index (κ2) is 8.48. The molecule has 0 spiro atoms. The van der Waals surface area contributed by atoms with E-state index in [0.717, 1.165) is 28.9 Å². The summed E-state index contributed by atoms with van der Waals surface area (Å²) in [6.07, 6.45) is 14.1. The monoisotopic (exact) mass is 386 g/mol. The lowest BCUT2D eigenvalue weighted by Gasteiger charge is -2.50. The van der Waals surface area contributed by atoms with E-state index < -0.39 is 0 Å². The molecule has 0 radical (unpaired) electrons. The van der Waals surface area contributed by atoms with Crippen LogP contribution in [0.2, 0.25) is 0 Å². The molecule has 1 aromatic carbocycles. The number of piperidine rings is 2. The maximum Gasteiger partial charge on any atom is 0.171 e. The number of aryl methyl sites for hydroxylation is 2. The fourth-order valence-electron chi connectivity index (χ4n) is 5.96. The van der Waals surface area contributed by atoms with Crippen molar-refractivity contribution >= 4 is 23.0 Å². The molecule has 1 saturated carbocycles. The Morgan fingerprint density at radius 1 is 0.889 bits per heavy atom. The van der Waals surface area contributed by atoms with E-state index in [1.54, 1.807) is 0 Å². The van der Waals surface area contributed by atoms with Gasteiger partial charge in [0.15, 0.2) is 5.11 Å². The van der Waals surface area contributed by atoms with E-state index >= 15 is 0 Å². The van der Waals surface area contributed by atoms with Crippen LogP contribution in [0.5, 0.6) is 0 Å². The average molecular weight is 387 g/mol. The van der Waals surface area contributed by atoms with Crippen molar-refractivity contribution < 1.29 is 4.90 Å². The molecule has 2 aliphatic heterocycles. The Balaban J connectivity index is 1.35. The van der Waals surface area contributed by atoms with Crippen molar-refractivity contribution in [3.05, 3.63) is 29.3 Å².